The second-order valence-corrected chi connectivity index (χ2v) is 8.30. The van der Waals surface area contributed by atoms with Gasteiger partial charge in [-0.15, -0.1) is 0 Å². The molecule has 0 bridgehead atoms. The van der Waals surface area contributed by atoms with Crippen LogP contribution in [0, 0.1) is 0 Å². The zero-order valence-corrected chi connectivity index (χ0v) is 16.9. The molecule has 1 amide bonds. The number of benzene rings is 2. The largest absolute Gasteiger partial charge is 0.417 e. The molecule has 0 heterocycles. The number of hydrogen-bond donors (Lipinski definition) is 2. The number of carbonyl (C=O) groups is 1. The summed E-state index contributed by atoms with van der Waals surface area (Å²) in [5.74, 6) is -0.658. The van der Waals surface area contributed by atoms with E-state index in [2.05, 4.69) is 5.32 Å². The first-order chi connectivity index (χ1) is 13.4. The van der Waals surface area contributed by atoms with E-state index in [9.17, 15) is 26.4 Å². The number of hydrogen-bond acceptors (Lipinski definition) is 4. The molecule has 0 aliphatic heterocycles. The number of carbonyl (C=O) groups excluding carboxylic acids is 1. The molecular formula is C19H22F3N3O3S. The summed E-state index contributed by atoms with van der Waals surface area (Å²) in [4.78, 5) is 13.2. The Labute approximate surface area is 167 Å². The van der Waals surface area contributed by atoms with E-state index in [1.54, 1.807) is 0 Å². The lowest BCUT2D eigenvalue weighted by Gasteiger charge is -2.17. The number of halogens is 3. The van der Waals surface area contributed by atoms with E-state index in [4.69, 9.17) is 0 Å². The molecule has 1 unspecified atom stereocenters. The van der Waals surface area contributed by atoms with Gasteiger partial charge in [0.25, 0.3) is 0 Å². The molecule has 1 atom stereocenters. The number of alkyl halides is 3. The maximum atomic E-state index is 13.1. The van der Waals surface area contributed by atoms with Crippen molar-refractivity contribution in [3.63, 3.8) is 0 Å². The van der Waals surface area contributed by atoms with Gasteiger partial charge in [0, 0.05) is 26.3 Å². The molecular weight excluding hydrogens is 407 g/mol. The zero-order chi connectivity index (χ0) is 21.8. The molecule has 2 rings (SSSR count). The molecule has 0 fully saturated rings. The lowest BCUT2D eigenvalue weighted by atomic mass is 10.2. The first-order valence-corrected chi connectivity index (χ1v) is 10.1. The number of nitrogens with one attached hydrogen (secondary N) is 2. The van der Waals surface area contributed by atoms with E-state index in [-0.39, 0.29) is 6.54 Å². The molecule has 29 heavy (non-hydrogen) atoms. The van der Waals surface area contributed by atoms with Crippen LogP contribution >= 0.6 is 0 Å². The standard InChI is InChI=1S/C19H22F3N3O3S/c1-13(18(26)23-12-14-8-10-15(11-9-14)25(2)3)24-29(27,28)17-7-5-4-6-16(17)19(20,21)22/h4-11,13,24H,12H2,1-3H3,(H,23,26). The van der Waals surface area contributed by atoms with Crippen LogP contribution in [0.25, 0.3) is 0 Å². The Bertz CT molecular complexity index is 959. The lowest BCUT2D eigenvalue weighted by Crippen LogP contribution is -2.44. The van der Waals surface area contributed by atoms with E-state index in [0.29, 0.717) is 6.07 Å². The molecule has 0 saturated heterocycles. The second kappa shape index (κ2) is 8.83. The predicted octanol–water partition coefficient (Wildman–Crippen LogP) is 2.75. The zero-order valence-electron chi connectivity index (χ0n) is 16.1. The molecule has 0 saturated carbocycles. The van der Waals surface area contributed by atoms with Crippen LogP contribution in [0.3, 0.4) is 0 Å². The Kier molecular flexibility index (Phi) is 6.91. The molecule has 0 aliphatic rings. The smallest absolute Gasteiger partial charge is 0.378 e. The van der Waals surface area contributed by atoms with Crippen molar-refractivity contribution in [2.24, 2.45) is 0 Å². The highest BCUT2D eigenvalue weighted by molar-refractivity contribution is 7.89. The lowest BCUT2D eigenvalue weighted by molar-refractivity contribution is -0.139. The minimum absolute atomic E-state index is 0.151. The van der Waals surface area contributed by atoms with Gasteiger partial charge in [0.15, 0.2) is 0 Å². The fourth-order valence-corrected chi connectivity index (χ4v) is 3.97. The Balaban J connectivity index is 2.05. The fourth-order valence-electron chi connectivity index (χ4n) is 2.54. The average molecular weight is 429 g/mol. The Morgan fingerprint density at radius 1 is 1.07 bits per heavy atom. The van der Waals surface area contributed by atoms with Crippen molar-refractivity contribution in [3.05, 3.63) is 59.7 Å². The fraction of sp³-hybridized carbons (Fsp3) is 0.316. The Morgan fingerprint density at radius 2 is 1.66 bits per heavy atom. The molecule has 2 aromatic rings. The highest BCUT2D eigenvalue weighted by Gasteiger charge is 2.37. The van der Waals surface area contributed by atoms with E-state index in [1.807, 2.05) is 48.0 Å². The summed E-state index contributed by atoms with van der Waals surface area (Å²) in [5, 5.41) is 2.56. The monoisotopic (exact) mass is 429 g/mol. The molecule has 0 radical (unpaired) electrons. The van der Waals surface area contributed by atoms with Gasteiger partial charge in [0.1, 0.15) is 0 Å². The van der Waals surface area contributed by atoms with Crippen LogP contribution in [-0.4, -0.2) is 34.5 Å². The van der Waals surface area contributed by atoms with Crippen molar-refractivity contribution in [3.8, 4) is 0 Å². The molecule has 0 spiro atoms. The summed E-state index contributed by atoms with van der Waals surface area (Å²) < 4.78 is 66.0. The van der Waals surface area contributed by atoms with E-state index < -0.39 is 38.6 Å². The third-order valence-corrected chi connectivity index (χ3v) is 5.73. The van der Waals surface area contributed by atoms with E-state index in [1.165, 1.54) is 13.0 Å². The van der Waals surface area contributed by atoms with Crippen LogP contribution in [-0.2, 0) is 27.5 Å². The van der Waals surface area contributed by atoms with Gasteiger partial charge in [0.2, 0.25) is 15.9 Å². The number of sulfonamides is 1. The maximum absolute atomic E-state index is 13.1. The van der Waals surface area contributed by atoms with Crippen molar-refractivity contribution in [1.29, 1.82) is 0 Å². The quantitative estimate of drug-likeness (QED) is 0.710. The second-order valence-electron chi connectivity index (χ2n) is 6.62. The molecule has 6 nitrogen and oxygen atoms in total. The van der Waals surface area contributed by atoms with E-state index >= 15 is 0 Å². The van der Waals surface area contributed by atoms with Gasteiger partial charge >= 0.3 is 6.18 Å². The van der Waals surface area contributed by atoms with Crippen LogP contribution in [0.15, 0.2) is 53.4 Å². The predicted molar refractivity (Wildman–Crippen MR) is 104 cm³/mol. The highest BCUT2D eigenvalue weighted by atomic mass is 32.2. The first-order valence-electron chi connectivity index (χ1n) is 8.64. The van der Waals surface area contributed by atoms with Crippen LogP contribution in [0.1, 0.15) is 18.1 Å². The van der Waals surface area contributed by atoms with E-state index in [0.717, 1.165) is 23.4 Å². The summed E-state index contributed by atoms with van der Waals surface area (Å²) in [6, 6.07) is 9.89. The molecule has 2 aromatic carbocycles. The number of nitrogens with zero attached hydrogens (tertiary/aromatic N) is 1. The minimum Gasteiger partial charge on any atom is -0.378 e. The van der Waals surface area contributed by atoms with Gasteiger partial charge in [0.05, 0.1) is 16.5 Å². The SMILES string of the molecule is CC(NS(=O)(=O)c1ccccc1C(F)(F)F)C(=O)NCc1ccc(N(C)C)cc1. The summed E-state index contributed by atoms with van der Waals surface area (Å²) in [7, 11) is -0.772. The summed E-state index contributed by atoms with van der Waals surface area (Å²) in [6.07, 6.45) is -4.84. The number of amides is 1. The summed E-state index contributed by atoms with van der Waals surface area (Å²) >= 11 is 0. The highest BCUT2D eigenvalue weighted by Crippen LogP contribution is 2.33. The topological polar surface area (TPSA) is 78.5 Å². The van der Waals surface area contributed by atoms with Crippen LogP contribution in [0.5, 0.6) is 0 Å². The van der Waals surface area contributed by atoms with Crippen molar-refractivity contribution in [2.45, 2.75) is 30.6 Å². The van der Waals surface area contributed by atoms with Gasteiger partial charge in [-0.3, -0.25) is 4.79 Å². The van der Waals surface area contributed by atoms with Gasteiger partial charge in [-0.05, 0) is 36.8 Å². The minimum atomic E-state index is -4.84. The van der Waals surface area contributed by atoms with Crippen molar-refractivity contribution in [1.82, 2.24) is 10.0 Å². The van der Waals surface area contributed by atoms with Crippen molar-refractivity contribution < 1.29 is 26.4 Å². The third kappa shape index (κ3) is 5.94. The van der Waals surface area contributed by atoms with Crippen LogP contribution in [0.4, 0.5) is 18.9 Å². The molecule has 0 aliphatic carbocycles. The van der Waals surface area contributed by atoms with Crippen molar-refractivity contribution in [2.75, 3.05) is 19.0 Å². The Hall–Kier alpha value is -2.59. The van der Waals surface area contributed by atoms with Gasteiger partial charge < -0.3 is 10.2 Å². The van der Waals surface area contributed by atoms with Gasteiger partial charge in [-0.1, -0.05) is 24.3 Å². The summed E-state index contributed by atoms with van der Waals surface area (Å²) in [6.45, 7) is 1.41. The molecule has 2 N–H and O–H groups in total. The molecule has 10 heteroatoms. The van der Waals surface area contributed by atoms with Gasteiger partial charge in [-0.25, -0.2) is 8.42 Å². The molecule has 0 aromatic heterocycles. The number of rotatable bonds is 7. The maximum Gasteiger partial charge on any atom is 0.417 e. The third-order valence-electron chi connectivity index (χ3n) is 4.13. The first kappa shape index (κ1) is 22.7. The summed E-state index contributed by atoms with van der Waals surface area (Å²) in [5.41, 5.74) is 0.479. The average Bonchev–Trinajstić information content (AvgIpc) is 2.65. The van der Waals surface area contributed by atoms with Crippen LogP contribution < -0.4 is 14.9 Å². The Morgan fingerprint density at radius 3 is 2.21 bits per heavy atom. The molecule has 158 valence electrons. The normalized spacial score (nSPS) is 13.0. The van der Waals surface area contributed by atoms with Crippen molar-refractivity contribution >= 4 is 21.6 Å². The van der Waals surface area contributed by atoms with Gasteiger partial charge in [-0.2, -0.15) is 17.9 Å². The number of anilines is 1. The van der Waals surface area contributed by atoms with Crippen LogP contribution in [0.2, 0.25) is 0 Å².